The van der Waals surface area contributed by atoms with Crippen LogP contribution in [0.25, 0.3) is 0 Å². The van der Waals surface area contributed by atoms with Crippen LogP contribution in [0.2, 0.25) is 0 Å². The van der Waals surface area contributed by atoms with Crippen molar-refractivity contribution in [3.8, 4) is 0 Å². The Labute approximate surface area is 97.3 Å². The molecule has 0 amide bonds. The highest BCUT2D eigenvalue weighted by Crippen LogP contribution is 2.27. The molecular formula is C8F10O. The first kappa shape index (κ1) is 17.1. The average molecular weight is 302 g/mol. The van der Waals surface area contributed by atoms with E-state index in [-0.39, 0.29) is 11.5 Å². The summed E-state index contributed by atoms with van der Waals surface area (Å²) in [5.74, 6) is -6.34. The lowest BCUT2D eigenvalue weighted by molar-refractivity contribution is -0.109. The van der Waals surface area contributed by atoms with Crippen molar-refractivity contribution in [2.24, 2.45) is 0 Å². The molecule has 0 fully saturated rings. The van der Waals surface area contributed by atoms with E-state index in [2.05, 4.69) is 4.74 Å². The van der Waals surface area contributed by atoms with Crippen molar-refractivity contribution >= 4 is 0 Å². The van der Waals surface area contributed by atoms with E-state index in [1.165, 1.54) is 0 Å². The van der Waals surface area contributed by atoms with Gasteiger partial charge in [0, 0.05) is 11.5 Å². The fourth-order valence-electron chi connectivity index (χ4n) is 0.444. The summed E-state index contributed by atoms with van der Waals surface area (Å²) >= 11 is 0. The van der Waals surface area contributed by atoms with E-state index in [1.807, 2.05) is 0 Å². The zero-order valence-corrected chi connectivity index (χ0v) is 8.19. The first-order valence-electron chi connectivity index (χ1n) is 3.80. The smallest absolute Gasteiger partial charge is 0.391 e. The molecule has 1 nitrogen and oxygen atoms in total. The number of hydrogen-bond donors (Lipinski definition) is 0. The quantitative estimate of drug-likeness (QED) is 0.410. The van der Waals surface area contributed by atoms with E-state index in [0.29, 0.717) is 0 Å². The second-order valence-corrected chi connectivity index (χ2v) is 2.52. The standard InChI is InChI=1S/C8F10O/c9-3(7(13,14)15)1-5(11)19-6(12)2-4(10)8(16,17)18. The van der Waals surface area contributed by atoms with Crippen LogP contribution in [0.1, 0.15) is 0 Å². The normalized spacial score (nSPS) is 11.3. The summed E-state index contributed by atoms with van der Waals surface area (Å²) in [6.45, 7) is 0. The van der Waals surface area contributed by atoms with E-state index in [1.54, 1.807) is 0 Å². The molecule has 0 N–H and O–H groups in total. The molecule has 0 aliphatic heterocycles. The number of halogens is 10. The first-order chi connectivity index (χ1) is 8.34. The highest BCUT2D eigenvalue weighted by Gasteiger charge is 2.36. The Morgan fingerprint density at radius 2 is 0.895 bits per heavy atom. The molecule has 0 aliphatic rings. The molecule has 108 valence electrons. The van der Waals surface area contributed by atoms with Crippen LogP contribution < -0.4 is 0 Å². The third-order valence-corrected chi connectivity index (χ3v) is 1.09. The fraction of sp³-hybridized carbons (Fsp3) is 0.250. The van der Waals surface area contributed by atoms with Gasteiger partial charge in [0.15, 0.2) is 0 Å². The third-order valence-electron chi connectivity index (χ3n) is 1.09. The van der Waals surface area contributed by atoms with Gasteiger partial charge in [0.05, 0.1) is 0 Å². The Bertz CT molecular complexity index is 423. The lowest BCUT2D eigenvalue weighted by atomic mass is 10.5. The molecule has 0 rings (SSSR count). The van der Waals surface area contributed by atoms with Gasteiger partial charge in [-0.1, -0.05) is 0 Å². The Morgan fingerprint density at radius 3 is 1.11 bits per heavy atom. The molecule has 0 radical (unpaired) electrons. The van der Waals surface area contributed by atoms with Gasteiger partial charge < -0.3 is 4.74 Å². The molecule has 0 saturated carbocycles. The minimum Gasteiger partial charge on any atom is -0.391 e. The maximum absolute atomic E-state index is 12.3. The number of allylic oxidation sites excluding steroid dienone is 2. The average Bonchev–Trinajstić information content (AvgIpc) is 2.13. The molecule has 0 atom stereocenters. The molecule has 0 aromatic heterocycles. The van der Waals surface area contributed by atoms with E-state index in [9.17, 15) is 43.9 Å². The number of rotatable bonds is 2. The summed E-state index contributed by atoms with van der Waals surface area (Å²) in [7, 11) is 0. The van der Waals surface area contributed by atoms with Gasteiger partial charge in [-0.05, 0) is 0 Å². The summed E-state index contributed by atoms with van der Waals surface area (Å²) < 4.78 is 120. The fourth-order valence-corrected chi connectivity index (χ4v) is 0.444. The van der Waals surface area contributed by atoms with Crippen LogP contribution in [-0.2, 0) is 4.74 Å². The zero-order chi connectivity index (χ0) is 15.4. The lowest BCUT2D eigenvalue weighted by Gasteiger charge is -2.00. The molecule has 0 spiro atoms. The van der Waals surface area contributed by atoms with Gasteiger partial charge >= 0.3 is 24.4 Å². The molecule has 0 bridgehead atoms. The summed E-state index contributed by atoms with van der Waals surface area (Å²) in [6, 6.07) is -5.43. The first-order valence-corrected chi connectivity index (χ1v) is 3.80. The molecule has 19 heavy (non-hydrogen) atoms. The van der Waals surface area contributed by atoms with Gasteiger partial charge in [0.2, 0.25) is 0 Å². The van der Waals surface area contributed by atoms with Crippen molar-refractivity contribution < 1.29 is 48.6 Å². The highest BCUT2D eigenvalue weighted by molar-refractivity contribution is 5.03. The van der Waals surface area contributed by atoms with Crippen molar-refractivity contribution in [2.75, 3.05) is 0 Å². The summed E-state index contributed by atoms with van der Waals surface area (Å²) in [6.07, 6.45) is -11.3. The molecule has 0 aliphatic carbocycles. The number of alkyl halides is 6. The highest BCUT2D eigenvalue weighted by atomic mass is 19.4. The maximum Gasteiger partial charge on any atom is 0.451 e. The van der Waals surface area contributed by atoms with Crippen LogP contribution in [0.5, 0.6) is 0 Å². The van der Waals surface area contributed by atoms with Crippen molar-refractivity contribution in [1.82, 2.24) is 0 Å². The molecule has 11 heteroatoms. The largest absolute Gasteiger partial charge is 0.451 e. The lowest BCUT2D eigenvalue weighted by Crippen LogP contribution is -2.07. The van der Waals surface area contributed by atoms with Crippen molar-refractivity contribution in [2.45, 2.75) is 12.4 Å². The number of hydrogen-bond acceptors (Lipinski definition) is 1. The molecule has 0 unspecified atom stereocenters. The second-order valence-electron chi connectivity index (χ2n) is 2.52. The van der Waals surface area contributed by atoms with Crippen LogP contribution in [0.15, 0.2) is 35.1 Å². The SMILES string of the molecule is FC(=C=C(F)C(F)(F)F)OC(F)=C=C(F)C(F)(F)F. The van der Waals surface area contributed by atoms with Crippen molar-refractivity contribution in [1.29, 1.82) is 0 Å². The molecule has 0 aromatic rings. The van der Waals surface area contributed by atoms with Crippen molar-refractivity contribution in [3.05, 3.63) is 35.1 Å². The van der Waals surface area contributed by atoms with E-state index in [0.717, 1.165) is 0 Å². The maximum atomic E-state index is 12.3. The molecule has 0 saturated heterocycles. The third kappa shape index (κ3) is 6.58. The summed E-state index contributed by atoms with van der Waals surface area (Å²) in [5, 5.41) is 0. The predicted molar refractivity (Wildman–Crippen MR) is 38.7 cm³/mol. The second kappa shape index (κ2) is 5.85. The van der Waals surface area contributed by atoms with Crippen LogP contribution in [-0.4, -0.2) is 12.4 Å². The zero-order valence-electron chi connectivity index (χ0n) is 8.19. The van der Waals surface area contributed by atoms with Gasteiger partial charge in [-0.3, -0.25) is 0 Å². The predicted octanol–water partition coefficient (Wildman–Crippen LogP) is 4.65. The van der Waals surface area contributed by atoms with E-state index in [4.69, 9.17) is 0 Å². The van der Waals surface area contributed by atoms with E-state index < -0.39 is 36.0 Å². The van der Waals surface area contributed by atoms with Crippen LogP contribution in [0.3, 0.4) is 0 Å². The summed E-state index contributed by atoms with van der Waals surface area (Å²) in [4.78, 5) is 0. The van der Waals surface area contributed by atoms with Crippen LogP contribution in [0, 0.1) is 0 Å². The Morgan fingerprint density at radius 1 is 0.632 bits per heavy atom. The van der Waals surface area contributed by atoms with Gasteiger partial charge in [-0.25, -0.2) is 0 Å². The Balaban J connectivity index is 5.31. The minimum absolute atomic E-state index is 0.202. The molecule has 0 heterocycles. The van der Waals surface area contributed by atoms with Gasteiger partial charge in [0.1, 0.15) is 0 Å². The molecular weight excluding hydrogens is 302 g/mol. The topological polar surface area (TPSA) is 9.23 Å². The summed E-state index contributed by atoms with van der Waals surface area (Å²) in [5.41, 5.74) is 0.403. The minimum atomic E-state index is -5.66. The van der Waals surface area contributed by atoms with E-state index >= 15 is 0 Å². The Kier molecular flexibility index (Phi) is 5.28. The van der Waals surface area contributed by atoms with Crippen LogP contribution in [0.4, 0.5) is 43.9 Å². The molecule has 0 aromatic carbocycles. The Hall–Kier alpha value is -1.86. The van der Waals surface area contributed by atoms with Gasteiger partial charge in [-0.15, -0.1) is 0 Å². The monoisotopic (exact) mass is 302 g/mol. The van der Waals surface area contributed by atoms with Gasteiger partial charge in [-0.2, -0.15) is 43.9 Å². The van der Waals surface area contributed by atoms with Crippen LogP contribution >= 0.6 is 0 Å². The van der Waals surface area contributed by atoms with Crippen molar-refractivity contribution in [3.63, 3.8) is 0 Å². The number of ether oxygens (including phenoxy) is 1. The van der Waals surface area contributed by atoms with Gasteiger partial charge in [0.25, 0.3) is 11.7 Å².